The van der Waals surface area contributed by atoms with Gasteiger partial charge in [-0.25, -0.2) is 4.79 Å². The third kappa shape index (κ3) is 4.74. The van der Waals surface area contributed by atoms with Gasteiger partial charge in [0.05, 0.1) is 22.7 Å². The number of H-pyrrole nitrogens is 1. The first-order valence-electron chi connectivity index (χ1n) is 10.1. The number of unbranched alkanes of at least 4 members (excludes halogenated alkanes) is 2. The molecule has 2 aromatic carbocycles. The largest absolute Gasteiger partial charge is 0.494 e. The molecule has 3 aromatic rings. The third-order valence-electron chi connectivity index (χ3n) is 5.03. The molecule has 0 aliphatic rings. The number of ether oxygens (including phenoxy) is 1. The van der Waals surface area contributed by atoms with E-state index in [0.717, 1.165) is 54.7 Å². The Kier molecular flexibility index (Phi) is 7.18. The number of halogens is 1. The molecule has 0 radical (unpaired) electrons. The Morgan fingerprint density at radius 3 is 2.55 bits per heavy atom. The standard InChI is InChI=1S/C23H27ClN2O3/c1-2-3-14-29-16-9-7-15(8-10-16)21-17(6-4-5-13-25)20-18(23(27)28)11-12-19(24)22(20)26-21/h7-12,26H,2-6,13-14,25H2,1H3,(H,27,28). The van der Waals surface area contributed by atoms with E-state index in [1.807, 2.05) is 24.3 Å². The molecule has 1 heterocycles. The van der Waals surface area contributed by atoms with Crippen molar-refractivity contribution >= 4 is 28.5 Å². The fraction of sp³-hybridized carbons (Fsp3) is 0.348. The van der Waals surface area contributed by atoms with Crippen molar-refractivity contribution in [3.8, 4) is 17.0 Å². The van der Waals surface area contributed by atoms with E-state index in [0.29, 0.717) is 29.1 Å². The van der Waals surface area contributed by atoms with Gasteiger partial charge in [-0.1, -0.05) is 24.9 Å². The molecule has 0 bridgehead atoms. The van der Waals surface area contributed by atoms with Gasteiger partial charge < -0.3 is 20.6 Å². The zero-order valence-corrected chi connectivity index (χ0v) is 17.4. The van der Waals surface area contributed by atoms with Crippen molar-refractivity contribution in [3.05, 3.63) is 52.5 Å². The van der Waals surface area contributed by atoms with Gasteiger partial charge in [0.15, 0.2) is 0 Å². The summed E-state index contributed by atoms with van der Waals surface area (Å²) in [5, 5.41) is 10.9. The maximum atomic E-state index is 11.8. The molecule has 0 spiro atoms. The summed E-state index contributed by atoms with van der Waals surface area (Å²) in [6.45, 7) is 3.43. The molecule has 3 rings (SSSR count). The number of hydrogen-bond acceptors (Lipinski definition) is 3. The average molecular weight is 415 g/mol. The van der Waals surface area contributed by atoms with E-state index in [4.69, 9.17) is 22.1 Å². The second-order valence-electron chi connectivity index (χ2n) is 7.10. The van der Waals surface area contributed by atoms with Crippen molar-refractivity contribution in [2.24, 2.45) is 5.73 Å². The van der Waals surface area contributed by atoms with Gasteiger partial charge in [-0.3, -0.25) is 0 Å². The van der Waals surface area contributed by atoms with Gasteiger partial charge in [0.1, 0.15) is 5.75 Å². The Morgan fingerprint density at radius 1 is 1.14 bits per heavy atom. The molecule has 1 aromatic heterocycles. The summed E-state index contributed by atoms with van der Waals surface area (Å²) in [6, 6.07) is 11.1. The summed E-state index contributed by atoms with van der Waals surface area (Å²) in [5.74, 6) is -0.135. The van der Waals surface area contributed by atoms with E-state index in [1.165, 1.54) is 0 Å². The fourth-order valence-electron chi connectivity index (χ4n) is 3.51. The van der Waals surface area contributed by atoms with E-state index in [-0.39, 0.29) is 5.56 Å². The van der Waals surface area contributed by atoms with Crippen LogP contribution in [0.1, 0.15) is 48.5 Å². The first kappa shape index (κ1) is 21.2. The Balaban J connectivity index is 2.06. The van der Waals surface area contributed by atoms with Crippen LogP contribution in [0.15, 0.2) is 36.4 Å². The molecule has 0 aliphatic heterocycles. The molecule has 0 aliphatic carbocycles. The second kappa shape index (κ2) is 9.81. The van der Waals surface area contributed by atoms with E-state index in [2.05, 4.69) is 11.9 Å². The van der Waals surface area contributed by atoms with E-state index < -0.39 is 5.97 Å². The Labute approximate surface area is 175 Å². The minimum absolute atomic E-state index is 0.258. The van der Waals surface area contributed by atoms with E-state index in [9.17, 15) is 9.90 Å². The number of carboxylic acid groups (broad SMARTS) is 1. The van der Waals surface area contributed by atoms with Gasteiger partial charge in [0.2, 0.25) is 0 Å². The Morgan fingerprint density at radius 2 is 1.90 bits per heavy atom. The summed E-state index contributed by atoms with van der Waals surface area (Å²) >= 11 is 6.40. The van der Waals surface area contributed by atoms with Crippen LogP contribution in [0.25, 0.3) is 22.2 Å². The fourth-order valence-corrected chi connectivity index (χ4v) is 3.72. The normalized spacial score (nSPS) is 11.1. The van der Waals surface area contributed by atoms with Gasteiger partial charge >= 0.3 is 5.97 Å². The first-order valence-corrected chi connectivity index (χ1v) is 10.4. The van der Waals surface area contributed by atoms with Crippen LogP contribution in [0.5, 0.6) is 5.75 Å². The van der Waals surface area contributed by atoms with Crippen molar-refractivity contribution < 1.29 is 14.6 Å². The number of benzene rings is 2. The van der Waals surface area contributed by atoms with E-state index in [1.54, 1.807) is 12.1 Å². The number of carbonyl (C=O) groups is 1. The van der Waals surface area contributed by atoms with Crippen LogP contribution < -0.4 is 10.5 Å². The average Bonchev–Trinajstić information content (AvgIpc) is 3.09. The monoisotopic (exact) mass is 414 g/mol. The number of hydrogen-bond donors (Lipinski definition) is 3. The highest BCUT2D eigenvalue weighted by Crippen LogP contribution is 2.37. The number of rotatable bonds is 10. The van der Waals surface area contributed by atoms with Crippen LogP contribution in [-0.2, 0) is 6.42 Å². The van der Waals surface area contributed by atoms with Crippen LogP contribution in [0.3, 0.4) is 0 Å². The van der Waals surface area contributed by atoms with Crippen molar-refractivity contribution in [1.29, 1.82) is 0 Å². The summed E-state index contributed by atoms with van der Waals surface area (Å²) in [7, 11) is 0. The molecule has 5 nitrogen and oxygen atoms in total. The van der Waals surface area contributed by atoms with Crippen LogP contribution >= 0.6 is 11.6 Å². The predicted octanol–water partition coefficient (Wildman–Crippen LogP) is 5.65. The van der Waals surface area contributed by atoms with E-state index >= 15 is 0 Å². The number of aromatic carboxylic acids is 1. The second-order valence-corrected chi connectivity index (χ2v) is 7.51. The number of nitrogens with one attached hydrogen (secondary N) is 1. The lowest BCUT2D eigenvalue weighted by Crippen LogP contribution is -2.01. The lowest BCUT2D eigenvalue weighted by atomic mass is 9.97. The van der Waals surface area contributed by atoms with Gasteiger partial charge in [0.25, 0.3) is 0 Å². The minimum atomic E-state index is -0.961. The quantitative estimate of drug-likeness (QED) is 0.374. The highest BCUT2D eigenvalue weighted by atomic mass is 35.5. The van der Waals surface area contributed by atoms with Gasteiger partial charge in [-0.05, 0) is 79.8 Å². The first-order chi connectivity index (χ1) is 14.1. The Bertz CT molecular complexity index is 980. The number of carboxylic acids is 1. The van der Waals surface area contributed by atoms with Crippen molar-refractivity contribution in [2.45, 2.75) is 39.0 Å². The SMILES string of the molecule is CCCCOc1ccc(-c2[nH]c3c(Cl)ccc(C(=O)O)c3c2CCCCN)cc1. The number of fused-ring (bicyclic) bond motifs is 1. The lowest BCUT2D eigenvalue weighted by molar-refractivity contribution is 0.0699. The number of aryl methyl sites for hydroxylation is 1. The lowest BCUT2D eigenvalue weighted by Gasteiger charge is -2.09. The molecule has 0 atom stereocenters. The summed E-state index contributed by atoms with van der Waals surface area (Å²) in [4.78, 5) is 15.2. The topological polar surface area (TPSA) is 88.3 Å². The predicted molar refractivity (Wildman–Crippen MR) is 118 cm³/mol. The van der Waals surface area contributed by atoms with Gasteiger partial charge in [-0.2, -0.15) is 0 Å². The van der Waals surface area contributed by atoms with Crippen molar-refractivity contribution in [3.63, 3.8) is 0 Å². The van der Waals surface area contributed by atoms with Crippen molar-refractivity contribution in [2.75, 3.05) is 13.2 Å². The molecule has 6 heteroatoms. The zero-order valence-electron chi connectivity index (χ0n) is 16.6. The van der Waals surface area contributed by atoms with Crippen molar-refractivity contribution in [1.82, 2.24) is 4.98 Å². The highest BCUT2D eigenvalue weighted by molar-refractivity contribution is 6.36. The smallest absolute Gasteiger partial charge is 0.336 e. The summed E-state index contributed by atoms with van der Waals surface area (Å²) < 4.78 is 5.75. The molecular weight excluding hydrogens is 388 g/mol. The zero-order chi connectivity index (χ0) is 20.8. The highest BCUT2D eigenvalue weighted by Gasteiger charge is 2.20. The molecular formula is C23H27ClN2O3. The molecule has 0 saturated carbocycles. The molecule has 29 heavy (non-hydrogen) atoms. The Hall–Kier alpha value is -2.50. The van der Waals surface area contributed by atoms with Gasteiger partial charge in [0, 0.05) is 11.1 Å². The number of aromatic amines is 1. The number of aromatic nitrogens is 1. The summed E-state index contributed by atoms with van der Waals surface area (Å²) in [6.07, 6.45) is 4.58. The van der Waals surface area contributed by atoms with Gasteiger partial charge in [-0.15, -0.1) is 0 Å². The van der Waals surface area contributed by atoms with Crippen LogP contribution in [0.2, 0.25) is 5.02 Å². The van der Waals surface area contributed by atoms with Crippen LogP contribution in [0, 0.1) is 0 Å². The molecule has 0 saturated heterocycles. The minimum Gasteiger partial charge on any atom is -0.494 e. The summed E-state index contributed by atoms with van der Waals surface area (Å²) in [5.41, 5.74) is 9.41. The molecule has 154 valence electrons. The molecule has 4 N–H and O–H groups in total. The third-order valence-corrected chi connectivity index (χ3v) is 5.34. The number of nitrogens with two attached hydrogens (primary N) is 1. The van der Waals surface area contributed by atoms with Crippen LogP contribution in [-0.4, -0.2) is 29.2 Å². The maximum absolute atomic E-state index is 11.8. The molecule has 0 unspecified atom stereocenters. The maximum Gasteiger partial charge on any atom is 0.336 e. The molecule has 0 fully saturated rings. The van der Waals surface area contributed by atoms with Crippen LogP contribution in [0.4, 0.5) is 0 Å². The molecule has 0 amide bonds.